The van der Waals surface area contributed by atoms with E-state index < -0.39 is 0 Å². The lowest BCUT2D eigenvalue weighted by atomic mass is 10.1. The Balaban J connectivity index is 0.00000288. The maximum absolute atomic E-state index is 12.1. The summed E-state index contributed by atoms with van der Waals surface area (Å²) in [5.74, 6) is 0.740. The van der Waals surface area contributed by atoms with Crippen LogP contribution < -0.4 is 15.8 Å². The smallest absolute Gasteiger partial charge is 0.224 e. The van der Waals surface area contributed by atoms with E-state index in [9.17, 15) is 4.79 Å². The highest BCUT2D eigenvalue weighted by atomic mass is 35.5. The Morgan fingerprint density at radius 3 is 2.50 bits per heavy atom. The van der Waals surface area contributed by atoms with E-state index in [1.807, 2.05) is 68.4 Å². The monoisotopic (exact) mass is 348 g/mol. The van der Waals surface area contributed by atoms with Crippen molar-refractivity contribution in [3.05, 3.63) is 65.7 Å². The maximum atomic E-state index is 12.1. The van der Waals surface area contributed by atoms with Gasteiger partial charge in [0.05, 0.1) is 12.5 Å². The molecule has 0 saturated heterocycles. The molecule has 24 heavy (non-hydrogen) atoms. The van der Waals surface area contributed by atoms with Gasteiger partial charge in [-0.2, -0.15) is 0 Å². The summed E-state index contributed by atoms with van der Waals surface area (Å²) in [7, 11) is 0. The van der Waals surface area contributed by atoms with Crippen molar-refractivity contribution in [3.8, 4) is 5.75 Å². The molecule has 2 rings (SSSR count). The van der Waals surface area contributed by atoms with Crippen LogP contribution in [0.25, 0.3) is 0 Å². The first kappa shape index (κ1) is 20.0. The van der Waals surface area contributed by atoms with Gasteiger partial charge >= 0.3 is 0 Å². The van der Waals surface area contributed by atoms with Crippen LogP contribution in [-0.2, 0) is 11.2 Å². The van der Waals surface area contributed by atoms with Gasteiger partial charge in [-0.3, -0.25) is 4.79 Å². The molecule has 0 spiro atoms. The molecule has 5 heteroatoms. The van der Waals surface area contributed by atoms with Gasteiger partial charge in [0.15, 0.2) is 0 Å². The number of halogens is 1. The molecule has 0 aromatic heterocycles. The minimum atomic E-state index is -0.198. The minimum Gasteiger partial charge on any atom is -0.491 e. The van der Waals surface area contributed by atoms with Crippen molar-refractivity contribution in [2.24, 2.45) is 5.73 Å². The highest BCUT2D eigenvalue weighted by Gasteiger charge is 2.09. The van der Waals surface area contributed by atoms with E-state index in [0.717, 1.165) is 16.9 Å². The summed E-state index contributed by atoms with van der Waals surface area (Å²) < 4.78 is 5.64. The molecule has 0 heterocycles. The van der Waals surface area contributed by atoms with E-state index in [-0.39, 0.29) is 30.5 Å². The zero-order valence-electron chi connectivity index (χ0n) is 14.1. The fourth-order valence-electron chi connectivity index (χ4n) is 2.29. The third-order valence-corrected chi connectivity index (χ3v) is 3.38. The lowest BCUT2D eigenvalue weighted by Crippen LogP contribution is -2.32. The van der Waals surface area contributed by atoms with Gasteiger partial charge in [-0.25, -0.2) is 0 Å². The molecule has 0 fully saturated rings. The van der Waals surface area contributed by atoms with Gasteiger partial charge in [-0.1, -0.05) is 42.5 Å². The van der Waals surface area contributed by atoms with Crippen molar-refractivity contribution in [2.75, 3.05) is 6.54 Å². The number of ether oxygens (including phenoxy) is 1. The predicted molar refractivity (Wildman–Crippen MR) is 99.5 cm³/mol. The van der Waals surface area contributed by atoms with Crippen molar-refractivity contribution in [1.82, 2.24) is 5.32 Å². The number of hydrogen-bond acceptors (Lipinski definition) is 3. The molecule has 1 atom stereocenters. The summed E-state index contributed by atoms with van der Waals surface area (Å²) in [6.45, 7) is 4.37. The number of rotatable bonds is 7. The van der Waals surface area contributed by atoms with Gasteiger partial charge in [0, 0.05) is 12.6 Å². The van der Waals surface area contributed by atoms with Gasteiger partial charge in [-0.15, -0.1) is 12.4 Å². The van der Waals surface area contributed by atoms with Crippen LogP contribution in [0, 0.1) is 0 Å². The third kappa shape index (κ3) is 6.60. The molecule has 0 saturated carbocycles. The van der Waals surface area contributed by atoms with E-state index in [1.54, 1.807) is 0 Å². The summed E-state index contributed by atoms with van der Waals surface area (Å²) in [5.41, 5.74) is 8.02. The zero-order chi connectivity index (χ0) is 16.7. The number of nitrogens with one attached hydrogen (secondary N) is 1. The van der Waals surface area contributed by atoms with Crippen LogP contribution >= 0.6 is 12.4 Å². The quantitative estimate of drug-likeness (QED) is 0.807. The lowest BCUT2D eigenvalue weighted by Gasteiger charge is -2.14. The first-order chi connectivity index (χ1) is 11.0. The minimum absolute atomic E-state index is 0. The normalized spacial score (nSPS) is 11.5. The Hall–Kier alpha value is -2.04. The van der Waals surface area contributed by atoms with Crippen LogP contribution in [0.3, 0.4) is 0 Å². The van der Waals surface area contributed by atoms with Crippen LogP contribution in [0.2, 0.25) is 0 Å². The summed E-state index contributed by atoms with van der Waals surface area (Å²) in [6.07, 6.45) is 0.430. The SMILES string of the molecule is CC(C)Oc1cccc(CC(=O)NCC(N)c2ccccc2)c1.Cl. The van der Waals surface area contributed by atoms with Gasteiger partial charge in [0.2, 0.25) is 5.91 Å². The zero-order valence-corrected chi connectivity index (χ0v) is 14.9. The summed E-state index contributed by atoms with van der Waals surface area (Å²) in [6, 6.07) is 17.2. The van der Waals surface area contributed by atoms with Gasteiger partial charge in [0.25, 0.3) is 0 Å². The molecule has 0 aliphatic rings. The maximum Gasteiger partial charge on any atom is 0.224 e. The fraction of sp³-hybridized carbons (Fsp3) is 0.316. The first-order valence-corrected chi connectivity index (χ1v) is 7.87. The molecule has 0 aliphatic heterocycles. The molecule has 0 aliphatic carbocycles. The second-order valence-corrected chi connectivity index (χ2v) is 5.81. The van der Waals surface area contributed by atoms with Crippen molar-refractivity contribution in [2.45, 2.75) is 32.4 Å². The van der Waals surface area contributed by atoms with E-state index >= 15 is 0 Å². The largest absolute Gasteiger partial charge is 0.491 e. The predicted octanol–water partition coefficient (Wildman–Crippen LogP) is 3.25. The van der Waals surface area contributed by atoms with Crippen LogP contribution in [0.5, 0.6) is 5.75 Å². The average Bonchev–Trinajstić information content (AvgIpc) is 2.53. The highest BCUT2D eigenvalue weighted by molar-refractivity contribution is 5.85. The standard InChI is InChI=1S/C19H24N2O2.ClH/c1-14(2)23-17-10-6-7-15(11-17)12-19(22)21-13-18(20)16-8-4-3-5-9-16;/h3-11,14,18H,12-13,20H2,1-2H3,(H,21,22);1H. The molecule has 1 amide bonds. The Kier molecular flexibility index (Phi) is 8.30. The van der Waals surface area contributed by atoms with E-state index in [1.165, 1.54) is 0 Å². The van der Waals surface area contributed by atoms with Crippen molar-refractivity contribution >= 4 is 18.3 Å². The first-order valence-electron chi connectivity index (χ1n) is 7.87. The van der Waals surface area contributed by atoms with Gasteiger partial charge in [-0.05, 0) is 37.1 Å². The Labute approximate surface area is 149 Å². The molecule has 0 bridgehead atoms. The molecule has 1 unspecified atom stereocenters. The highest BCUT2D eigenvalue weighted by Crippen LogP contribution is 2.15. The van der Waals surface area contributed by atoms with Gasteiger partial charge in [0.1, 0.15) is 5.75 Å². The summed E-state index contributed by atoms with van der Waals surface area (Å²) >= 11 is 0. The number of nitrogens with two attached hydrogens (primary N) is 1. The topological polar surface area (TPSA) is 64.3 Å². The number of benzene rings is 2. The molecule has 4 nitrogen and oxygen atoms in total. The lowest BCUT2D eigenvalue weighted by molar-refractivity contribution is -0.120. The van der Waals surface area contributed by atoms with Crippen molar-refractivity contribution in [1.29, 1.82) is 0 Å². The van der Waals surface area contributed by atoms with Crippen LogP contribution in [0.15, 0.2) is 54.6 Å². The molecular formula is C19H25ClN2O2. The Bertz CT molecular complexity index is 632. The number of amides is 1. The van der Waals surface area contributed by atoms with Crippen LogP contribution in [0.1, 0.15) is 31.0 Å². The second-order valence-electron chi connectivity index (χ2n) is 5.81. The van der Waals surface area contributed by atoms with Crippen LogP contribution in [-0.4, -0.2) is 18.6 Å². The number of carbonyl (C=O) groups is 1. The summed E-state index contributed by atoms with van der Waals surface area (Å²) in [5, 5.41) is 2.88. The molecular weight excluding hydrogens is 324 g/mol. The fourth-order valence-corrected chi connectivity index (χ4v) is 2.29. The molecule has 130 valence electrons. The average molecular weight is 349 g/mol. The van der Waals surface area contributed by atoms with E-state index in [2.05, 4.69) is 5.32 Å². The van der Waals surface area contributed by atoms with E-state index in [4.69, 9.17) is 10.5 Å². The van der Waals surface area contributed by atoms with Crippen molar-refractivity contribution in [3.63, 3.8) is 0 Å². The molecule has 2 aromatic carbocycles. The second kappa shape index (κ2) is 9.96. The van der Waals surface area contributed by atoms with Crippen molar-refractivity contribution < 1.29 is 9.53 Å². The Morgan fingerprint density at radius 2 is 1.83 bits per heavy atom. The van der Waals surface area contributed by atoms with E-state index in [0.29, 0.717) is 13.0 Å². The molecule has 0 radical (unpaired) electrons. The Morgan fingerprint density at radius 1 is 1.12 bits per heavy atom. The molecule has 2 aromatic rings. The number of hydrogen-bond donors (Lipinski definition) is 2. The third-order valence-electron chi connectivity index (χ3n) is 3.38. The summed E-state index contributed by atoms with van der Waals surface area (Å²) in [4.78, 5) is 12.1. The van der Waals surface area contributed by atoms with Gasteiger partial charge < -0.3 is 15.8 Å². The molecule has 3 N–H and O–H groups in total. The van der Waals surface area contributed by atoms with Crippen LogP contribution in [0.4, 0.5) is 0 Å². The number of carbonyl (C=O) groups excluding carboxylic acids is 1.